The fourth-order valence-electron chi connectivity index (χ4n) is 2.60. The second kappa shape index (κ2) is 6.20. The summed E-state index contributed by atoms with van der Waals surface area (Å²) in [6.45, 7) is 1.56. The van der Waals surface area contributed by atoms with Crippen LogP contribution in [-0.4, -0.2) is 25.7 Å². The van der Waals surface area contributed by atoms with Gasteiger partial charge in [-0.2, -0.15) is 0 Å². The highest BCUT2D eigenvalue weighted by Crippen LogP contribution is 2.22. The summed E-state index contributed by atoms with van der Waals surface area (Å²) in [5.74, 6) is -0.462. The number of benzene rings is 1. The average molecular weight is 301 g/mol. The number of halogens is 1. The third-order valence-corrected chi connectivity index (χ3v) is 5.36. The van der Waals surface area contributed by atoms with E-state index < -0.39 is 28.0 Å². The Morgan fingerprint density at radius 2 is 1.95 bits per heavy atom. The van der Waals surface area contributed by atoms with Crippen molar-refractivity contribution in [2.24, 2.45) is 0 Å². The van der Waals surface area contributed by atoms with Crippen molar-refractivity contribution >= 4 is 10.0 Å². The molecule has 1 aromatic carbocycles. The average Bonchev–Trinajstić information content (AvgIpc) is 2.54. The highest BCUT2D eigenvalue weighted by Gasteiger charge is 2.27. The van der Waals surface area contributed by atoms with Gasteiger partial charge < -0.3 is 5.11 Å². The lowest BCUT2D eigenvalue weighted by Crippen LogP contribution is -2.42. The van der Waals surface area contributed by atoms with Crippen LogP contribution in [0.1, 0.15) is 37.7 Å². The van der Waals surface area contributed by atoms with Gasteiger partial charge in [-0.1, -0.05) is 19.3 Å². The van der Waals surface area contributed by atoms with E-state index in [2.05, 4.69) is 4.72 Å². The molecule has 2 atom stereocenters. The molecule has 4 nitrogen and oxygen atoms in total. The van der Waals surface area contributed by atoms with Crippen molar-refractivity contribution in [1.29, 1.82) is 0 Å². The van der Waals surface area contributed by atoms with Crippen LogP contribution >= 0.6 is 0 Å². The summed E-state index contributed by atoms with van der Waals surface area (Å²) in [4.78, 5) is 0.0651. The van der Waals surface area contributed by atoms with Gasteiger partial charge in [-0.25, -0.2) is 17.5 Å². The highest BCUT2D eigenvalue weighted by atomic mass is 32.2. The van der Waals surface area contributed by atoms with E-state index in [0.29, 0.717) is 18.4 Å². The molecule has 2 rings (SSSR count). The van der Waals surface area contributed by atoms with E-state index in [1.807, 2.05) is 0 Å². The first-order chi connectivity index (χ1) is 9.40. The molecule has 2 N–H and O–H groups in total. The van der Waals surface area contributed by atoms with Gasteiger partial charge in [0.05, 0.1) is 11.0 Å². The van der Waals surface area contributed by atoms with Crippen LogP contribution in [0.2, 0.25) is 0 Å². The molecule has 1 saturated carbocycles. The molecule has 1 fully saturated rings. The van der Waals surface area contributed by atoms with Gasteiger partial charge in [0.1, 0.15) is 5.82 Å². The number of sulfonamides is 1. The first kappa shape index (κ1) is 15.4. The molecule has 2 unspecified atom stereocenters. The first-order valence-electron chi connectivity index (χ1n) is 6.87. The lowest BCUT2D eigenvalue weighted by atomic mass is 10.1. The minimum atomic E-state index is -3.73. The van der Waals surface area contributed by atoms with E-state index >= 15 is 0 Å². The first-order valence-corrected chi connectivity index (χ1v) is 8.35. The molecule has 0 saturated heterocycles. The van der Waals surface area contributed by atoms with E-state index in [1.54, 1.807) is 6.92 Å². The van der Waals surface area contributed by atoms with Crippen molar-refractivity contribution < 1.29 is 17.9 Å². The number of hydrogen-bond acceptors (Lipinski definition) is 3. The van der Waals surface area contributed by atoms with Gasteiger partial charge in [0.25, 0.3) is 0 Å². The molecule has 0 heterocycles. The predicted octanol–water partition coefficient (Wildman–Crippen LogP) is 2.11. The number of aryl methyl sites for hydroxylation is 1. The van der Waals surface area contributed by atoms with Crippen LogP contribution in [0.5, 0.6) is 0 Å². The van der Waals surface area contributed by atoms with Crippen molar-refractivity contribution in [2.45, 2.75) is 56.1 Å². The fourth-order valence-corrected chi connectivity index (χ4v) is 4.13. The Morgan fingerprint density at radius 3 is 2.65 bits per heavy atom. The minimum absolute atomic E-state index is 0.0651. The summed E-state index contributed by atoms with van der Waals surface area (Å²) in [6, 6.07) is 3.12. The van der Waals surface area contributed by atoms with Gasteiger partial charge in [0.2, 0.25) is 10.0 Å². The van der Waals surface area contributed by atoms with Crippen LogP contribution in [0.25, 0.3) is 0 Å². The quantitative estimate of drug-likeness (QED) is 0.840. The molecule has 0 spiro atoms. The SMILES string of the molecule is Cc1cc(F)ccc1S(=O)(=O)NC1CCCCCC1O. The van der Waals surface area contributed by atoms with Crippen molar-refractivity contribution in [2.75, 3.05) is 0 Å². The normalized spacial score (nSPS) is 24.4. The molecule has 0 radical (unpaired) electrons. The Labute approximate surface area is 119 Å². The van der Waals surface area contributed by atoms with E-state index in [4.69, 9.17) is 0 Å². The second-order valence-corrected chi connectivity index (χ2v) is 7.03. The molecule has 0 aromatic heterocycles. The molecule has 0 bridgehead atoms. The molecule has 0 aliphatic heterocycles. The van der Waals surface area contributed by atoms with Crippen LogP contribution in [0.15, 0.2) is 23.1 Å². The zero-order valence-electron chi connectivity index (χ0n) is 11.5. The van der Waals surface area contributed by atoms with Crippen molar-refractivity contribution in [1.82, 2.24) is 4.72 Å². The van der Waals surface area contributed by atoms with Gasteiger partial charge in [-0.05, 0) is 43.5 Å². The minimum Gasteiger partial charge on any atom is -0.391 e. The number of aliphatic hydroxyl groups is 1. The lowest BCUT2D eigenvalue weighted by molar-refractivity contribution is 0.130. The zero-order chi connectivity index (χ0) is 14.8. The van der Waals surface area contributed by atoms with Crippen molar-refractivity contribution in [3.63, 3.8) is 0 Å². The molecule has 1 aromatic rings. The predicted molar refractivity (Wildman–Crippen MR) is 74.3 cm³/mol. The highest BCUT2D eigenvalue weighted by molar-refractivity contribution is 7.89. The van der Waals surface area contributed by atoms with E-state index in [9.17, 15) is 17.9 Å². The molecule has 1 aliphatic rings. The van der Waals surface area contributed by atoms with E-state index in [1.165, 1.54) is 12.1 Å². The van der Waals surface area contributed by atoms with Crippen LogP contribution in [0.4, 0.5) is 4.39 Å². The standard InChI is InChI=1S/C14H20FNO3S/c1-10-9-11(15)7-8-14(10)20(18,19)16-12-5-3-2-4-6-13(12)17/h7-9,12-13,16-17H,2-6H2,1H3. The van der Waals surface area contributed by atoms with E-state index in [0.717, 1.165) is 25.3 Å². The maximum Gasteiger partial charge on any atom is 0.241 e. The second-order valence-electron chi connectivity index (χ2n) is 5.34. The topological polar surface area (TPSA) is 66.4 Å². The summed E-state index contributed by atoms with van der Waals surface area (Å²) in [7, 11) is -3.73. The van der Waals surface area contributed by atoms with E-state index in [-0.39, 0.29) is 4.90 Å². The smallest absolute Gasteiger partial charge is 0.241 e. The summed E-state index contributed by atoms with van der Waals surface area (Å²) in [6.07, 6.45) is 3.39. The Bertz CT molecular complexity index is 574. The zero-order valence-corrected chi connectivity index (χ0v) is 12.3. The van der Waals surface area contributed by atoms with Crippen molar-refractivity contribution in [3.05, 3.63) is 29.6 Å². The van der Waals surface area contributed by atoms with Crippen LogP contribution in [0.3, 0.4) is 0 Å². The summed E-state index contributed by atoms with van der Waals surface area (Å²) in [5, 5.41) is 9.99. The van der Waals surface area contributed by atoms with Gasteiger partial charge in [0, 0.05) is 6.04 Å². The third-order valence-electron chi connectivity index (χ3n) is 3.71. The maximum atomic E-state index is 13.1. The maximum absolute atomic E-state index is 13.1. The van der Waals surface area contributed by atoms with Crippen LogP contribution < -0.4 is 4.72 Å². The summed E-state index contributed by atoms with van der Waals surface area (Å²) in [5.41, 5.74) is 0.362. The summed E-state index contributed by atoms with van der Waals surface area (Å²) < 4.78 is 40.3. The Hall–Kier alpha value is -0.980. The van der Waals surface area contributed by atoms with Crippen LogP contribution in [-0.2, 0) is 10.0 Å². The Balaban J connectivity index is 2.21. The fraction of sp³-hybridized carbons (Fsp3) is 0.571. The molecule has 0 amide bonds. The number of nitrogens with one attached hydrogen (secondary N) is 1. The molecule has 1 aliphatic carbocycles. The lowest BCUT2D eigenvalue weighted by Gasteiger charge is -2.22. The Kier molecular flexibility index (Phi) is 4.78. The molecule has 6 heteroatoms. The van der Waals surface area contributed by atoms with Gasteiger partial charge in [-0.15, -0.1) is 0 Å². The summed E-state index contributed by atoms with van der Waals surface area (Å²) >= 11 is 0. The molecular formula is C14H20FNO3S. The number of aliphatic hydroxyl groups excluding tert-OH is 1. The third kappa shape index (κ3) is 3.56. The Morgan fingerprint density at radius 1 is 1.25 bits per heavy atom. The molecular weight excluding hydrogens is 281 g/mol. The largest absolute Gasteiger partial charge is 0.391 e. The van der Waals surface area contributed by atoms with Gasteiger partial charge >= 0.3 is 0 Å². The number of hydrogen-bond donors (Lipinski definition) is 2. The monoisotopic (exact) mass is 301 g/mol. The van der Waals surface area contributed by atoms with Crippen molar-refractivity contribution in [3.8, 4) is 0 Å². The molecule has 112 valence electrons. The number of rotatable bonds is 3. The van der Waals surface area contributed by atoms with Gasteiger partial charge in [-0.3, -0.25) is 0 Å². The molecule has 20 heavy (non-hydrogen) atoms. The van der Waals surface area contributed by atoms with Gasteiger partial charge in [0.15, 0.2) is 0 Å². The van der Waals surface area contributed by atoms with Crippen LogP contribution in [0, 0.1) is 12.7 Å².